The highest BCUT2D eigenvalue weighted by Crippen LogP contribution is 2.39. The maximum Gasteiger partial charge on any atom is 0.231 e. The number of carbonyl (C=O) groups is 1. The number of fused-ring (bicyclic) bond motifs is 4. The number of carbonyl (C=O) groups excluding carboxylic acids is 1. The van der Waals surface area contributed by atoms with Gasteiger partial charge in [0.1, 0.15) is 16.2 Å². The van der Waals surface area contributed by atoms with Crippen LogP contribution in [0.4, 0.5) is 0 Å². The molecule has 0 fully saturated rings. The average Bonchev–Trinajstić information content (AvgIpc) is 3.34. The number of aryl methyl sites for hydroxylation is 2. The third-order valence-electron chi connectivity index (χ3n) is 4.98. The van der Waals surface area contributed by atoms with Gasteiger partial charge in [0, 0.05) is 16.8 Å². The first-order chi connectivity index (χ1) is 13.8. The second kappa shape index (κ2) is 7.60. The van der Waals surface area contributed by atoms with E-state index in [9.17, 15) is 4.79 Å². The molecule has 6 nitrogen and oxygen atoms in total. The first-order valence-corrected chi connectivity index (χ1v) is 11.1. The Balaban J connectivity index is 1.24. The molecule has 3 heterocycles. The molecule has 1 amide bonds. The van der Waals surface area contributed by atoms with Crippen LogP contribution in [0.5, 0.6) is 11.5 Å². The van der Waals surface area contributed by atoms with Gasteiger partial charge in [0.15, 0.2) is 11.5 Å². The van der Waals surface area contributed by atoms with E-state index in [0.717, 1.165) is 45.1 Å². The smallest absolute Gasteiger partial charge is 0.231 e. The van der Waals surface area contributed by atoms with Crippen molar-refractivity contribution in [2.75, 3.05) is 12.5 Å². The number of thioether (sulfide) groups is 1. The lowest BCUT2D eigenvalue weighted by Gasteiger charge is -2.11. The van der Waals surface area contributed by atoms with Gasteiger partial charge >= 0.3 is 0 Å². The summed E-state index contributed by atoms with van der Waals surface area (Å²) < 4.78 is 10.7. The van der Waals surface area contributed by atoms with E-state index in [-0.39, 0.29) is 12.7 Å². The number of rotatable bonds is 5. The number of hydrogen-bond acceptors (Lipinski definition) is 7. The fourth-order valence-electron chi connectivity index (χ4n) is 3.61. The summed E-state index contributed by atoms with van der Waals surface area (Å²) in [6.45, 7) is 0.713. The van der Waals surface area contributed by atoms with Crippen molar-refractivity contribution in [2.24, 2.45) is 0 Å². The molecule has 2 aromatic heterocycles. The lowest BCUT2D eigenvalue weighted by atomic mass is 9.97. The molecule has 0 unspecified atom stereocenters. The Kier molecular flexibility index (Phi) is 4.82. The van der Waals surface area contributed by atoms with Gasteiger partial charge in [0.05, 0.1) is 5.75 Å². The quantitative estimate of drug-likeness (QED) is 0.508. The molecule has 0 radical (unpaired) electrons. The molecular weight excluding hydrogens is 394 g/mol. The minimum Gasteiger partial charge on any atom is -0.454 e. The van der Waals surface area contributed by atoms with Crippen LogP contribution in [0.2, 0.25) is 0 Å². The first kappa shape index (κ1) is 17.8. The fraction of sp³-hybridized carbons (Fsp3) is 0.350. The van der Waals surface area contributed by atoms with Crippen LogP contribution < -0.4 is 14.8 Å². The minimum absolute atomic E-state index is 0.0153. The van der Waals surface area contributed by atoms with Crippen molar-refractivity contribution in [2.45, 2.75) is 37.3 Å². The van der Waals surface area contributed by atoms with Gasteiger partial charge in [-0.15, -0.1) is 11.3 Å². The first-order valence-electron chi connectivity index (χ1n) is 9.31. The largest absolute Gasteiger partial charge is 0.454 e. The number of benzene rings is 1. The van der Waals surface area contributed by atoms with Gasteiger partial charge in [-0.2, -0.15) is 0 Å². The molecule has 0 atom stereocenters. The Morgan fingerprint density at radius 1 is 1.18 bits per heavy atom. The maximum absolute atomic E-state index is 12.4. The SMILES string of the molecule is O=C(CSc1ncnc2sc3c(c12)CCCC3)NCc1ccc2c(c1)OCO2. The van der Waals surface area contributed by atoms with Crippen LogP contribution in [0, 0.1) is 0 Å². The van der Waals surface area contributed by atoms with Gasteiger partial charge in [-0.1, -0.05) is 17.8 Å². The van der Waals surface area contributed by atoms with E-state index in [4.69, 9.17) is 9.47 Å². The number of nitrogens with one attached hydrogen (secondary N) is 1. The van der Waals surface area contributed by atoms with Gasteiger partial charge in [-0.3, -0.25) is 4.79 Å². The Morgan fingerprint density at radius 2 is 2.07 bits per heavy atom. The molecule has 0 spiro atoms. The Bertz CT molecular complexity index is 1050. The predicted molar refractivity (Wildman–Crippen MR) is 109 cm³/mol. The summed E-state index contributed by atoms with van der Waals surface area (Å²) in [4.78, 5) is 23.8. The lowest BCUT2D eigenvalue weighted by Crippen LogP contribution is -2.24. The molecule has 5 rings (SSSR count). The van der Waals surface area contributed by atoms with Crippen molar-refractivity contribution >= 4 is 39.2 Å². The zero-order valence-corrected chi connectivity index (χ0v) is 16.8. The number of hydrogen-bond donors (Lipinski definition) is 1. The third kappa shape index (κ3) is 3.42. The topological polar surface area (TPSA) is 73.3 Å². The number of amides is 1. The molecule has 1 aromatic carbocycles. The average molecular weight is 414 g/mol. The molecule has 2 aliphatic rings. The minimum atomic E-state index is -0.0153. The van der Waals surface area contributed by atoms with Crippen LogP contribution in [0.25, 0.3) is 10.2 Å². The van der Waals surface area contributed by atoms with Crippen molar-refractivity contribution in [3.63, 3.8) is 0 Å². The maximum atomic E-state index is 12.4. The van der Waals surface area contributed by atoms with Gasteiger partial charge in [0.25, 0.3) is 0 Å². The number of aromatic nitrogens is 2. The van der Waals surface area contributed by atoms with Crippen LogP contribution in [0.1, 0.15) is 28.8 Å². The standard InChI is InChI=1S/C20H19N3O3S2/c24-17(21-8-12-5-6-14-15(7-12)26-11-25-14)9-27-19-18-13-3-1-2-4-16(13)28-20(18)23-10-22-19/h5-7,10H,1-4,8-9,11H2,(H,21,24). The van der Waals surface area contributed by atoms with Crippen LogP contribution in [-0.2, 0) is 24.2 Å². The summed E-state index contributed by atoms with van der Waals surface area (Å²) in [5.74, 6) is 1.80. The van der Waals surface area contributed by atoms with Gasteiger partial charge < -0.3 is 14.8 Å². The fourth-order valence-corrected chi connectivity index (χ4v) is 5.76. The molecule has 3 aromatic rings. The number of ether oxygens (including phenoxy) is 2. The molecule has 1 N–H and O–H groups in total. The van der Waals surface area contributed by atoms with E-state index in [1.165, 1.54) is 35.0 Å². The van der Waals surface area contributed by atoms with E-state index in [1.54, 1.807) is 17.7 Å². The molecule has 1 aliphatic carbocycles. The zero-order valence-electron chi connectivity index (χ0n) is 15.2. The van der Waals surface area contributed by atoms with E-state index in [0.29, 0.717) is 12.3 Å². The van der Waals surface area contributed by atoms with Crippen molar-refractivity contribution in [1.82, 2.24) is 15.3 Å². The van der Waals surface area contributed by atoms with E-state index in [1.807, 2.05) is 18.2 Å². The van der Waals surface area contributed by atoms with Gasteiger partial charge in [-0.05, 0) is 48.9 Å². The summed E-state index contributed by atoms with van der Waals surface area (Å²) in [6.07, 6.45) is 6.30. The van der Waals surface area contributed by atoms with E-state index in [2.05, 4.69) is 15.3 Å². The molecule has 0 saturated carbocycles. The van der Waals surface area contributed by atoms with Gasteiger partial charge in [-0.25, -0.2) is 9.97 Å². The third-order valence-corrected chi connectivity index (χ3v) is 7.17. The van der Waals surface area contributed by atoms with Crippen LogP contribution in [0.15, 0.2) is 29.6 Å². The summed E-state index contributed by atoms with van der Waals surface area (Å²) in [5.41, 5.74) is 2.38. The molecule has 0 saturated heterocycles. The monoisotopic (exact) mass is 413 g/mol. The Morgan fingerprint density at radius 3 is 3.04 bits per heavy atom. The molecular formula is C20H19N3O3S2. The number of nitrogens with zero attached hydrogens (tertiary/aromatic N) is 2. The summed E-state index contributed by atoms with van der Waals surface area (Å²) in [6, 6.07) is 5.71. The molecule has 0 bridgehead atoms. The van der Waals surface area contributed by atoms with Crippen molar-refractivity contribution in [3.8, 4) is 11.5 Å². The highest BCUT2D eigenvalue weighted by atomic mass is 32.2. The second-order valence-electron chi connectivity index (χ2n) is 6.82. The summed E-state index contributed by atoms with van der Waals surface area (Å²) in [5, 5.41) is 5.05. The van der Waals surface area contributed by atoms with Crippen LogP contribution >= 0.6 is 23.1 Å². The molecule has 28 heavy (non-hydrogen) atoms. The van der Waals surface area contributed by atoms with Gasteiger partial charge in [0.2, 0.25) is 12.7 Å². The van der Waals surface area contributed by atoms with Crippen molar-refractivity contribution < 1.29 is 14.3 Å². The van der Waals surface area contributed by atoms with Crippen molar-refractivity contribution in [3.05, 3.63) is 40.5 Å². The Hall–Kier alpha value is -2.32. The molecule has 8 heteroatoms. The second-order valence-corrected chi connectivity index (χ2v) is 8.87. The Labute approximate surface area is 170 Å². The van der Waals surface area contributed by atoms with E-state index < -0.39 is 0 Å². The highest BCUT2D eigenvalue weighted by molar-refractivity contribution is 8.00. The lowest BCUT2D eigenvalue weighted by molar-refractivity contribution is -0.118. The normalized spacial score (nSPS) is 14.9. The predicted octanol–water partition coefficient (Wildman–Crippen LogP) is 3.71. The number of thiophene rings is 1. The molecule has 144 valence electrons. The van der Waals surface area contributed by atoms with Crippen LogP contribution in [-0.4, -0.2) is 28.4 Å². The summed E-state index contributed by atoms with van der Waals surface area (Å²) in [7, 11) is 0. The van der Waals surface area contributed by atoms with E-state index >= 15 is 0 Å². The highest BCUT2D eigenvalue weighted by Gasteiger charge is 2.20. The van der Waals surface area contributed by atoms with Crippen LogP contribution in [0.3, 0.4) is 0 Å². The molecule has 1 aliphatic heterocycles. The van der Waals surface area contributed by atoms with Crippen molar-refractivity contribution in [1.29, 1.82) is 0 Å². The summed E-state index contributed by atoms with van der Waals surface area (Å²) >= 11 is 3.27. The zero-order chi connectivity index (χ0) is 18.9.